The van der Waals surface area contributed by atoms with Crippen LogP contribution >= 0.6 is 0 Å². The Labute approximate surface area is 87.8 Å². The first-order valence-corrected chi connectivity index (χ1v) is 4.90. The van der Waals surface area contributed by atoms with E-state index in [-0.39, 0.29) is 12.1 Å². The van der Waals surface area contributed by atoms with Crippen molar-refractivity contribution < 1.29 is 5.11 Å². The van der Waals surface area contributed by atoms with Crippen LogP contribution in [0.5, 0.6) is 0 Å². The first-order valence-electron chi connectivity index (χ1n) is 4.90. The third-order valence-electron chi connectivity index (χ3n) is 2.76. The van der Waals surface area contributed by atoms with E-state index in [1.165, 1.54) is 6.20 Å². The van der Waals surface area contributed by atoms with Crippen LogP contribution in [0, 0.1) is 11.3 Å². The molecule has 0 bridgehead atoms. The summed E-state index contributed by atoms with van der Waals surface area (Å²) in [6, 6.07) is 3.51. The van der Waals surface area contributed by atoms with E-state index >= 15 is 0 Å². The van der Waals surface area contributed by atoms with Crippen LogP contribution in [-0.4, -0.2) is 27.2 Å². The zero-order valence-corrected chi connectivity index (χ0v) is 8.27. The Hall–Kier alpha value is -1.67. The number of aliphatic hydroxyl groups excluding tert-OH is 1. The molecule has 1 heterocycles. The molecule has 5 nitrogen and oxygen atoms in total. The Bertz CT molecular complexity index is 389. The van der Waals surface area contributed by atoms with Crippen LogP contribution < -0.4 is 5.32 Å². The molecule has 0 saturated heterocycles. The quantitative estimate of drug-likeness (QED) is 0.756. The molecular formula is C10H12N4O. The lowest BCUT2D eigenvalue weighted by molar-refractivity contribution is 0.143. The van der Waals surface area contributed by atoms with E-state index < -0.39 is 0 Å². The molecule has 0 aliphatic heterocycles. The molecule has 1 aliphatic carbocycles. The summed E-state index contributed by atoms with van der Waals surface area (Å²) in [5, 5.41) is 21.0. The van der Waals surface area contributed by atoms with Crippen LogP contribution in [-0.2, 0) is 0 Å². The number of nitriles is 1. The molecule has 0 spiro atoms. The van der Waals surface area contributed by atoms with Crippen LogP contribution in [0.4, 0.5) is 5.95 Å². The molecular weight excluding hydrogens is 192 g/mol. The molecule has 0 unspecified atom stereocenters. The fourth-order valence-electron chi connectivity index (χ4n) is 1.64. The molecule has 15 heavy (non-hydrogen) atoms. The minimum Gasteiger partial charge on any atom is -0.394 e. The monoisotopic (exact) mass is 204 g/mol. The molecule has 0 radical (unpaired) electrons. The van der Waals surface area contributed by atoms with Crippen molar-refractivity contribution in [2.24, 2.45) is 0 Å². The van der Waals surface area contributed by atoms with E-state index in [0.717, 1.165) is 19.3 Å². The predicted molar refractivity (Wildman–Crippen MR) is 54.0 cm³/mol. The highest BCUT2D eigenvalue weighted by atomic mass is 16.3. The van der Waals surface area contributed by atoms with Crippen molar-refractivity contribution >= 4 is 5.95 Å². The molecule has 1 fully saturated rings. The maximum Gasteiger partial charge on any atom is 0.224 e. The van der Waals surface area contributed by atoms with Gasteiger partial charge in [0.1, 0.15) is 11.8 Å². The van der Waals surface area contributed by atoms with Crippen LogP contribution in [0.3, 0.4) is 0 Å². The SMILES string of the molecule is N#Cc1ccnc(NC2(CO)CCC2)n1. The van der Waals surface area contributed by atoms with Crippen molar-refractivity contribution in [1.82, 2.24) is 9.97 Å². The van der Waals surface area contributed by atoms with Gasteiger partial charge in [-0.25, -0.2) is 9.97 Å². The number of nitrogens with one attached hydrogen (secondary N) is 1. The van der Waals surface area contributed by atoms with Gasteiger partial charge in [-0.2, -0.15) is 5.26 Å². The smallest absolute Gasteiger partial charge is 0.224 e. The number of hydrogen-bond donors (Lipinski definition) is 2. The summed E-state index contributed by atoms with van der Waals surface area (Å²) in [5.74, 6) is 0.419. The molecule has 0 atom stereocenters. The first-order chi connectivity index (χ1) is 7.28. The standard InChI is InChI=1S/C10H12N4O/c11-6-8-2-5-12-9(13-8)14-10(7-15)3-1-4-10/h2,5,15H,1,3-4,7H2,(H,12,13,14). The fourth-order valence-corrected chi connectivity index (χ4v) is 1.64. The number of aliphatic hydroxyl groups is 1. The van der Waals surface area contributed by atoms with Gasteiger partial charge in [0.15, 0.2) is 0 Å². The lowest BCUT2D eigenvalue weighted by Crippen LogP contribution is -2.48. The lowest BCUT2D eigenvalue weighted by Gasteiger charge is -2.40. The number of rotatable bonds is 3. The van der Waals surface area contributed by atoms with Crippen LogP contribution in [0.25, 0.3) is 0 Å². The van der Waals surface area contributed by atoms with Gasteiger partial charge in [0.25, 0.3) is 0 Å². The van der Waals surface area contributed by atoms with E-state index in [1.807, 2.05) is 6.07 Å². The Morgan fingerprint density at radius 1 is 1.60 bits per heavy atom. The molecule has 0 aromatic carbocycles. The third kappa shape index (κ3) is 1.90. The van der Waals surface area contributed by atoms with Crippen molar-refractivity contribution in [3.8, 4) is 6.07 Å². The summed E-state index contributed by atoms with van der Waals surface area (Å²) in [6.07, 6.45) is 4.48. The number of aromatic nitrogens is 2. The molecule has 1 aromatic heterocycles. The normalized spacial score (nSPS) is 17.6. The van der Waals surface area contributed by atoms with Gasteiger partial charge < -0.3 is 10.4 Å². The van der Waals surface area contributed by atoms with Gasteiger partial charge in [0, 0.05) is 6.20 Å². The second-order valence-electron chi connectivity index (χ2n) is 3.79. The molecule has 2 N–H and O–H groups in total. The Balaban J connectivity index is 2.13. The highest BCUT2D eigenvalue weighted by Crippen LogP contribution is 2.33. The molecule has 1 aliphatic rings. The molecule has 2 rings (SSSR count). The Morgan fingerprint density at radius 2 is 2.40 bits per heavy atom. The van der Waals surface area contributed by atoms with Gasteiger partial charge in [0.2, 0.25) is 5.95 Å². The van der Waals surface area contributed by atoms with Crippen LogP contribution in [0.2, 0.25) is 0 Å². The molecule has 5 heteroatoms. The molecule has 1 aromatic rings. The number of hydrogen-bond acceptors (Lipinski definition) is 5. The summed E-state index contributed by atoms with van der Waals surface area (Å²) in [5.41, 5.74) is 0.0635. The van der Waals surface area contributed by atoms with Crippen molar-refractivity contribution in [1.29, 1.82) is 5.26 Å². The summed E-state index contributed by atoms with van der Waals surface area (Å²) in [6.45, 7) is 0.0765. The van der Waals surface area contributed by atoms with Gasteiger partial charge in [0.05, 0.1) is 12.1 Å². The third-order valence-corrected chi connectivity index (χ3v) is 2.76. The van der Waals surface area contributed by atoms with Gasteiger partial charge in [-0.15, -0.1) is 0 Å². The van der Waals surface area contributed by atoms with Gasteiger partial charge in [-0.1, -0.05) is 0 Å². The summed E-state index contributed by atoms with van der Waals surface area (Å²) < 4.78 is 0. The van der Waals surface area contributed by atoms with Crippen molar-refractivity contribution in [2.75, 3.05) is 11.9 Å². The van der Waals surface area contributed by atoms with E-state index in [9.17, 15) is 5.11 Å². The minimum atomic E-state index is -0.270. The summed E-state index contributed by atoms with van der Waals surface area (Å²) in [4.78, 5) is 8.03. The first kappa shape index (κ1) is 9.87. The maximum absolute atomic E-state index is 9.24. The summed E-state index contributed by atoms with van der Waals surface area (Å²) in [7, 11) is 0. The van der Waals surface area contributed by atoms with Gasteiger partial charge in [-0.3, -0.25) is 0 Å². The zero-order valence-electron chi connectivity index (χ0n) is 8.27. The highest BCUT2D eigenvalue weighted by molar-refractivity contribution is 5.34. The number of anilines is 1. The van der Waals surface area contributed by atoms with Crippen molar-refractivity contribution in [2.45, 2.75) is 24.8 Å². The fraction of sp³-hybridized carbons (Fsp3) is 0.500. The van der Waals surface area contributed by atoms with E-state index in [1.54, 1.807) is 6.07 Å². The number of nitrogens with zero attached hydrogens (tertiary/aromatic N) is 3. The minimum absolute atomic E-state index is 0.0765. The predicted octanol–water partition coefficient (Wildman–Crippen LogP) is 0.675. The van der Waals surface area contributed by atoms with E-state index in [4.69, 9.17) is 5.26 Å². The summed E-state index contributed by atoms with van der Waals surface area (Å²) >= 11 is 0. The molecule has 78 valence electrons. The van der Waals surface area contributed by atoms with E-state index in [0.29, 0.717) is 11.6 Å². The average molecular weight is 204 g/mol. The van der Waals surface area contributed by atoms with Crippen LogP contribution in [0.15, 0.2) is 12.3 Å². The van der Waals surface area contributed by atoms with E-state index in [2.05, 4.69) is 15.3 Å². The largest absolute Gasteiger partial charge is 0.394 e. The Kier molecular flexibility index (Phi) is 2.52. The second kappa shape index (κ2) is 3.83. The van der Waals surface area contributed by atoms with Crippen LogP contribution in [0.1, 0.15) is 25.0 Å². The van der Waals surface area contributed by atoms with Gasteiger partial charge >= 0.3 is 0 Å². The van der Waals surface area contributed by atoms with Crippen molar-refractivity contribution in [3.05, 3.63) is 18.0 Å². The van der Waals surface area contributed by atoms with Crippen molar-refractivity contribution in [3.63, 3.8) is 0 Å². The maximum atomic E-state index is 9.24. The van der Waals surface area contributed by atoms with Gasteiger partial charge in [-0.05, 0) is 25.3 Å². The average Bonchev–Trinajstić information content (AvgIpc) is 2.24. The highest BCUT2D eigenvalue weighted by Gasteiger charge is 2.36. The Morgan fingerprint density at radius 3 is 2.93 bits per heavy atom. The zero-order chi connectivity index (χ0) is 10.7. The molecule has 0 amide bonds. The lowest BCUT2D eigenvalue weighted by atomic mass is 9.77. The second-order valence-corrected chi connectivity index (χ2v) is 3.79. The molecule has 1 saturated carbocycles. The topological polar surface area (TPSA) is 81.8 Å².